The molecule has 1 fully saturated rings. The number of hydrogen-bond donors (Lipinski definition) is 1. The van der Waals surface area contributed by atoms with Crippen molar-refractivity contribution in [2.24, 2.45) is 5.92 Å². The smallest absolute Gasteiger partial charge is 0.0304 e. The molecule has 1 N–H and O–H groups in total. The average molecular weight is 295 g/mol. The van der Waals surface area contributed by atoms with E-state index in [0.717, 1.165) is 19.0 Å². The van der Waals surface area contributed by atoms with Crippen molar-refractivity contribution in [3.8, 4) is 0 Å². The summed E-state index contributed by atoms with van der Waals surface area (Å²) in [6.07, 6.45) is 2.72. The first kappa shape index (κ1) is 16.0. The first-order chi connectivity index (χ1) is 9.37. The zero-order valence-electron chi connectivity index (χ0n) is 13.8. The highest BCUT2D eigenvalue weighted by Gasteiger charge is 2.21. The maximum absolute atomic E-state index is 3.59. The van der Waals surface area contributed by atoms with Crippen molar-refractivity contribution in [2.45, 2.75) is 66.1 Å². The number of thiophene rings is 1. The predicted molar refractivity (Wildman–Crippen MR) is 89.3 cm³/mol. The lowest BCUT2D eigenvalue weighted by atomic mass is 10.1. The number of nitrogens with zero attached hydrogens (tertiary/aromatic N) is 1. The first-order valence-corrected chi connectivity index (χ1v) is 8.74. The van der Waals surface area contributed by atoms with Gasteiger partial charge >= 0.3 is 0 Å². The third-order valence-corrected chi connectivity index (χ3v) is 5.30. The minimum Gasteiger partial charge on any atom is -0.307 e. The Kier molecular flexibility index (Phi) is 5.27. The summed E-state index contributed by atoms with van der Waals surface area (Å²) in [5, 5.41) is 3.59. The van der Waals surface area contributed by atoms with Crippen molar-refractivity contribution < 1.29 is 0 Å². The molecule has 3 heteroatoms. The first-order valence-electron chi connectivity index (χ1n) is 7.93. The van der Waals surface area contributed by atoms with Gasteiger partial charge < -0.3 is 5.32 Å². The molecule has 1 atom stereocenters. The molecule has 0 radical (unpaired) electrons. The number of aryl methyl sites for hydroxylation is 1. The highest BCUT2D eigenvalue weighted by atomic mass is 32.1. The van der Waals surface area contributed by atoms with Gasteiger partial charge in [-0.3, -0.25) is 4.90 Å². The normalized spacial score (nSPS) is 20.8. The molecule has 20 heavy (non-hydrogen) atoms. The predicted octanol–water partition coefficient (Wildman–Crippen LogP) is 4.18. The van der Waals surface area contributed by atoms with Crippen LogP contribution in [0.3, 0.4) is 0 Å². The topological polar surface area (TPSA) is 15.3 Å². The van der Waals surface area contributed by atoms with Crippen LogP contribution in [0.1, 0.15) is 55.9 Å². The van der Waals surface area contributed by atoms with Crippen molar-refractivity contribution in [1.82, 2.24) is 10.2 Å². The fourth-order valence-corrected chi connectivity index (χ4v) is 3.81. The molecule has 0 amide bonds. The van der Waals surface area contributed by atoms with E-state index in [-0.39, 0.29) is 5.54 Å². The van der Waals surface area contributed by atoms with Gasteiger partial charge in [-0.25, -0.2) is 0 Å². The summed E-state index contributed by atoms with van der Waals surface area (Å²) in [7, 11) is 0. The molecule has 1 aliphatic rings. The molecule has 1 aromatic heterocycles. The zero-order chi connectivity index (χ0) is 14.8. The van der Waals surface area contributed by atoms with Gasteiger partial charge in [0, 0.05) is 34.9 Å². The molecule has 2 nitrogen and oxygen atoms in total. The van der Waals surface area contributed by atoms with E-state index in [2.05, 4.69) is 50.9 Å². The molecule has 0 aliphatic carbocycles. The number of nitrogens with one attached hydrogen (secondary N) is 1. The van der Waals surface area contributed by atoms with E-state index in [1.54, 1.807) is 0 Å². The maximum Gasteiger partial charge on any atom is 0.0304 e. The summed E-state index contributed by atoms with van der Waals surface area (Å²) in [5.41, 5.74) is 1.74. The highest BCUT2D eigenvalue weighted by molar-refractivity contribution is 7.12. The summed E-state index contributed by atoms with van der Waals surface area (Å²) < 4.78 is 0. The van der Waals surface area contributed by atoms with Crippen molar-refractivity contribution in [3.05, 3.63) is 21.4 Å². The SMILES string of the molecule is CCC1CCN(Cc2cc(CNC(C)(C)C)sc2C)C1. The molecular weight excluding hydrogens is 264 g/mol. The maximum atomic E-state index is 3.59. The van der Waals surface area contributed by atoms with Gasteiger partial charge in [0.05, 0.1) is 0 Å². The molecule has 1 saturated heterocycles. The van der Waals surface area contributed by atoms with Gasteiger partial charge in [0.1, 0.15) is 0 Å². The summed E-state index contributed by atoms with van der Waals surface area (Å²) in [5.74, 6) is 0.927. The average Bonchev–Trinajstić information content (AvgIpc) is 2.94. The number of rotatable bonds is 5. The Balaban J connectivity index is 1.91. The van der Waals surface area contributed by atoms with Crippen LogP contribution < -0.4 is 5.32 Å². The molecule has 2 rings (SSSR count). The van der Waals surface area contributed by atoms with E-state index < -0.39 is 0 Å². The molecular formula is C17H30N2S. The molecule has 0 spiro atoms. The van der Waals surface area contributed by atoms with E-state index in [1.807, 2.05) is 11.3 Å². The Bertz CT molecular complexity index is 431. The van der Waals surface area contributed by atoms with Crippen LogP contribution in [0.2, 0.25) is 0 Å². The molecule has 0 bridgehead atoms. The van der Waals surface area contributed by atoms with Crippen LogP contribution in [-0.2, 0) is 13.1 Å². The van der Waals surface area contributed by atoms with Crippen LogP contribution in [0.5, 0.6) is 0 Å². The van der Waals surface area contributed by atoms with Gasteiger partial charge in [0.2, 0.25) is 0 Å². The van der Waals surface area contributed by atoms with Crippen molar-refractivity contribution in [3.63, 3.8) is 0 Å². The largest absolute Gasteiger partial charge is 0.307 e. The number of hydrogen-bond acceptors (Lipinski definition) is 3. The second-order valence-corrected chi connectivity index (χ2v) is 8.54. The van der Waals surface area contributed by atoms with Gasteiger partial charge in [-0.1, -0.05) is 13.3 Å². The lowest BCUT2D eigenvalue weighted by Crippen LogP contribution is -2.34. The van der Waals surface area contributed by atoms with Crippen LogP contribution in [0.15, 0.2) is 6.07 Å². The summed E-state index contributed by atoms with van der Waals surface area (Å²) in [4.78, 5) is 5.60. The van der Waals surface area contributed by atoms with Gasteiger partial charge in [-0.2, -0.15) is 0 Å². The Morgan fingerprint density at radius 1 is 1.40 bits per heavy atom. The van der Waals surface area contributed by atoms with Gasteiger partial charge in [-0.05, 0) is 58.2 Å². The Labute approximate surface area is 128 Å². The Morgan fingerprint density at radius 3 is 2.75 bits per heavy atom. The second-order valence-electron chi connectivity index (χ2n) is 7.20. The minimum absolute atomic E-state index is 0.196. The van der Waals surface area contributed by atoms with Gasteiger partial charge in [0.25, 0.3) is 0 Å². The van der Waals surface area contributed by atoms with Crippen LogP contribution in [-0.4, -0.2) is 23.5 Å². The highest BCUT2D eigenvalue weighted by Crippen LogP contribution is 2.26. The van der Waals surface area contributed by atoms with E-state index in [1.165, 1.54) is 41.2 Å². The Hall–Kier alpha value is -0.380. The monoisotopic (exact) mass is 294 g/mol. The Morgan fingerprint density at radius 2 is 2.15 bits per heavy atom. The quantitative estimate of drug-likeness (QED) is 0.876. The van der Waals surface area contributed by atoms with Crippen LogP contribution in [0.4, 0.5) is 0 Å². The van der Waals surface area contributed by atoms with Crippen LogP contribution in [0.25, 0.3) is 0 Å². The molecule has 0 aromatic carbocycles. The van der Waals surface area contributed by atoms with Gasteiger partial charge in [0.15, 0.2) is 0 Å². The summed E-state index contributed by atoms with van der Waals surface area (Å²) in [6.45, 7) is 16.0. The van der Waals surface area contributed by atoms with Crippen LogP contribution in [0, 0.1) is 12.8 Å². The summed E-state index contributed by atoms with van der Waals surface area (Å²) in [6, 6.07) is 2.41. The third-order valence-electron chi connectivity index (χ3n) is 4.21. The van der Waals surface area contributed by atoms with Crippen molar-refractivity contribution in [1.29, 1.82) is 0 Å². The van der Waals surface area contributed by atoms with E-state index in [4.69, 9.17) is 0 Å². The van der Waals surface area contributed by atoms with E-state index in [9.17, 15) is 0 Å². The zero-order valence-corrected chi connectivity index (χ0v) is 14.6. The lowest BCUT2D eigenvalue weighted by molar-refractivity contribution is 0.315. The summed E-state index contributed by atoms with van der Waals surface area (Å²) >= 11 is 1.96. The second kappa shape index (κ2) is 6.59. The van der Waals surface area contributed by atoms with Crippen LogP contribution >= 0.6 is 11.3 Å². The fourth-order valence-electron chi connectivity index (χ4n) is 2.81. The molecule has 0 saturated carbocycles. The molecule has 1 aliphatic heterocycles. The molecule has 1 aromatic rings. The van der Waals surface area contributed by atoms with E-state index >= 15 is 0 Å². The van der Waals surface area contributed by atoms with Crippen molar-refractivity contribution in [2.75, 3.05) is 13.1 Å². The lowest BCUT2D eigenvalue weighted by Gasteiger charge is -2.19. The molecule has 1 unspecified atom stereocenters. The minimum atomic E-state index is 0.196. The molecule has 114 valence electrons. The number of likely N-dealkylation sites (tertiary alicyclic amines) is 1. The van der Waals surface area contributed by atoms with E-state index in [0.29, 0.717) is 0 Å². The third kappa shape index (κ3) is 4.57. The molecule has 2 heterocycles. The fraction of sp³-hybridized carbons (Fsp3) is 0.765. The van der Waals surface area contributed by atoms with Crippen molar-refractivity contribution >= 4 is 11.3 Å². The van der Waals surface area contributed by atoms with Gasteiger partial charge in [-0.15, -0.1) is 11.3 Å². The standard InChI is InChI=1S/C17H30N2S/c1-6-14-7-8-19(11-14)12-15-9-16(20-13(15)2)10-18-17(3,4)5/h9,14,18H,6-8,10-12H2,1-5H3.